The molecule has 1 unspecified atom stereocenters. The van der Waals surface area contributed by atoms with Gasteiger partial charge in [-0.05, 0) is 12.1 Å². The number of halogens is 2. The molecule has 114 valence electrons. The van der Waals surface area contributed by atoms with Crippen LogP contribution in [-0.2, 0) is 13.1 Å². The SMILES string of the molecule is C1=CC[NH+]2C=C3Cn4c(c[n+]5ccccc45)CN3C2=C1.[Br-].[Br-]. The molecular weight excluding hydrogens is 408 g/mol. The molecule has 6 heteroatoms. The molecule has 3 aliphatic rings. The zero-order valence-electron chi connectivity index (χ0n) is 11.9. The minimum Gasteiger partial charge on any atom is -1.00 e. The number of nitrogens with zero attached hydrogens (tertiary/aromatic N) is 3. The molecule has 5 rings (SSSR count). The number of allylic oxidation sites excluding steroid dienone is 3. The summed E-state index contributed by atoms with van der Waals surface area (Å²) in [4.78, 5) is 3.93. The summed E-state index contributed by atoms with van der Waals surface area (Å²) >= 11 is 0. The van der Waals surface area contributed by atoms with Crippen LogP contribution in [0.25, 0.3) is 5.65 Å². The van der Waals surface area contributed by atoms with Crippen molar-refractivity contribution in [3.63, 3.8) is 0 Å². The molecule has 0 saturated heterocycles. The predicted molar refractivity (Wildman–Crippen MR) is 74.3 cm³/mol. The van der Waals surface area contributed by atoms with Gasteiger partial charge in [0.25, 0.3) is 5.65 Å². The van der Waals surface area contributed by atoms with Crippen molar-refractivity contribution >= 4 is 5.65 Å². The van der Waals surface area contributed by atoms with Crippen LogP contribution in [0, 0.1) is 0 Å². The molecule has 0 radical (unpaired) electrons. The molecule has 4 nitrogen and oxygen atoms in total. The normalized spacial score (nSPS) is 21.1. The molecular formula is C16H16Br2N4. The number of rotatable bonds is 0. The molecule has 0 fully saturated rings. The summed E-state index contributed by atoms with van der Waals surface area (Å²) in [7, 11) is 0. The number of quaternary nitrogens is 1. The molecule has 1 atom stereocenters. The Labute approximate surface area is 150 Å². The summed E-state index contributed by atoms with van der Waals surface area (Å²) in [6.07, 6.45) is 13.4. The lowest BCUT2D eigenvalue weighted by atomic mass is 10.2. The van der Waals surface area contributed by atoms with Crippen LogP contribution < -0.4 is 43.3 Å². The molecule has 0 saturated carbocycles. The van der Waals surface area contributed by atoms with Gasteiger partial charge >= 0.3 is 0 Å². The Morgan fingerprint density at radius 3 is 2.95 bits per heavy atom. The van der Waals surface area contributed by atoms with Gasteiger partial charge in [0.1, 0.15) is 31.2 Å². The summed E-state index contributed by atoms with van der Waals surface area (Å²) in [6, 6.07) is 6.38. The Balaban J connectivity index is 0.000000720. The van der Waals surface area contributed by atoms with Crippen molar-refractivity contribution in [3.8, 4) is 0 Å². The minimum atomic E-state index is 0. The monoisotopic (exact) mass is 422 g/mol. The van der Waals surface area contributed by atoms with Crippen molar-refractivity contribution in [3.05, 3.63) is 72.2 Å². The van der Waals surface area contributed by atoms with Gasteiger partial charge in [0.05, 0.1) is 12.7 Å². The van der Waals surface area contributed by atoms with Crippen molar-refractivity contribution in [2.45, 2.75) is 13.1 Å². The first-order chi connectivity index (χ1) is 9.90. The highest BCUT2D eigenvalue weighted by molar-refractivity contribution is 5.36. The van der Waals surface area contributed by atoms with Gasteiger partial charge in [0.2, 0.25) is 5.82 Å². The van der Waals surface area contributed by atoms with Crippen LogP contribution >= 0.6 is 0 Å². The molecule has 5 heterocycles. The summed E-state index contributed by atoms with van der Waals surface area (Å²) in [5, 5.41) is 0. The second-order valence-electron chi connectivity index (χ2n) is 5.60. The fraction of sp³-hybridized carbons (Fsp3) is 0.188. The lowest BCUT2D eigenvalue weighted by Crippen LogP contribution is -3.05. The van der Waals surface area contributed by atoms with Crippen molar-refractivity contribution in [2.75, 3.05) is 6.54 Å². The number of pyridine rings is 1. The van der Waals surface area contributed by atoms with Crippen molar-refractivity contribution in [1.29, 1.82) is 0 Å². The predicted octanol–water partition coefficient (Wildman–Crippen LogP) is -5.80. The maximum absolute atomic E-state index is 2.47. The fourth-order valence-electron chi connectivity index (χ4n) is 3.51. The number of hydrogen-bond acceptors (Lipinski definition) is 1. The van der Waals surface area contributed by atoms with Gasteiger partial charge in [-0.3, -0.25) is 9.80 Å². The maximum Gasteiger partial charge on any atom is 0.286 e. The summed E-state index contributed by atoms with van der Waals surface area (Å²) < 4.78 is 4.64. The Morgan fingerprint density at radius 2 is 2.05 bits per heavy atom. The molecule has 1 N–H and O–H groups in total. The Bertz CT molecular complexity index is 819. The van der Waals surface area contributed by atoms with Crippen molar-refractivity contribution in [2.24, 2.45) is 0 Å². The molecule has 22 heavy (non-hydrogen) atoms. The highest BCUT2D eigenvalue weighted by Gasteiger charge is 2.39. The van der Waals surface area contributed by atoms with Crippen LogP contribution in [0.2, 0.25) is 0 Å². The van der Waals surface area contributed by atoms with E-state index in [2.05, 4.69) is 68.9 Å². The Kier molecular flexibility index (Phi) is 4.01. The van der Waals surface area contributed by atoms with Gasteiger partial charge < -0.3 is 34.0 Å². The number of aromatic nitrogens is 2. The zero-order chi connectivity index (χ0) is 13.1. The smallest absolute Gasteiger partial charge is 0.286 e. The van der Waals surface area contributed by atoms with E-state index in [0.29, 0.717) is 0 Å². The summed E-state index contributed by atoms with van der Waals surface area (Å²) in [6.45, 7) is 3.00. The van der Waals surface area contributed by atoms with Gasteiger partial charge in [-0.1, -0.05) is 12.1 Å². The van der Waals surface area contributed by atoms with Crippen LogP contribution in [0.3, 0.4) is 0 Å². The van der Waals surface area contributed by atoms with Crippen molar-refractivity contribution in [1.82, 2.24) is 9.47 Å². The van der Waals surface area contributed by atoms with Crippen LogP contribution in [0.1, 0.15) is 5.69 Å². The number of hydrogen-bond donors (Lipinski definition) is 1. The van der Waals surface area contributed by atoms with Crippen LogP contribution in [0.4, 0.5) is 0 Å². The average Bonchev–Trinajstić information content (AvgIpc) is 3.02. The number of nitrogens with one attached hydrogen (secondary N) is 1. The quantitative estimate of drug-likeness (QED) is 0.418. The molecule has 0 spiro atoms. The third kappa shape index (κ3) is 2.09. The van der Waals surface area contributed by atoms with Crippen molar-refractivity contribution < 1.29 is 43.3 Å². The summed E-state index contributed by atoms with van der Waals surface area (Å²) in [5.41, 5.74) is 4.07. The molecule has 0 bridgehead atoms. The molecule has 0 amide bonds. The first-order valence-electron chi connectivity index (χ1n) is 7.10. The van der Waals surface area contributed by atoms with Crippen LogP contribution in [0.15, 0.2) is 66.5 Å². The lowest BCUT2D eigenvalue weighted by molar-refractivity contribution is -0.801. The molecule has 3 aliphatic heterocycles. The van der Waals surface area contributed by atoms with E-state index >= 15 is 0 Å². The fourth-order valence-corrected chi connectivity index (χ4v) is 3.51. The van der Waals surface area contributed by atoms with E-state index in [4.69, 9.17) is 0 Å². The molecule has 2 aromatic heterocycles. The van der Waals surface area contributed by atoms with E-state index in [1.165, 1.54) is 27.8 Å². The Morgan fingerprint density at radius 1 is 1.14 bits per heavy atom. The Hall–Kier alpha value is -1.37. The standard InChI is InChI=1S/C16H15N4.2BrH/c1-3-7-17-9-13-12-20-14(11-19(13)15(17)5-1)10-18-8-4-2-6-16(18)20;;/h1-7,9-10H,8,11-12H2;2*1H/q+1;;/p-1. The molecule has 2 aromatic rings. The zero-order valence-corrected chi connectivity index (χ0v) is 15.1. The average molecular weight is 424 g/mol. The molecule has 0 aromatic carbocycles. The second kappa shape index (κ2) is 5.68. The van der Waals surface area contributed by atoms with Gasteiger partial charge in [0, 0.05) is 12.1 Å². The van der Waals surface area contributed by atoms with Gasteiger partial charge in [-0.2, -0.15) is 0 Å². The second-order valence-corrected chi connectivity index (χ2v) is 5.60. The highest BCUT2D eigenvalue weighted by atomic mass is 79.9. The largest absolute Gasteiger partial charge is 1.00 e. The topological polar surface area (TPSA) is 16.7 Å². The number of fused-ring (bicyclic) bond motifs is 6. The first kappa shape index (κ1) is 15.5. The van der Waals surface area contributed by atoms with E-state index in [1.54, 1.807) is 0 Å². The first-order valence-corrected chi connectivity index (χ1v) is 7.10. The van der Waals surface area contributed by atoms with Gasteiger partial charge in [0.15, 0.2) is 5.69 Å². The van der Waals surface area contributed by atoms with Crippen LogP contribution in [0.5, 0.6) is 0 Å². The lowest BCUT2D eigenvalue weighted by Gasteiger charge is -2.25. The van der Waals surface area contributed by atoms with Crippen LogP contribution in [-0.4, -0.2) is 16.0 Å². The van der Waals surface area contributed by atoms with E-state index < -0.39 is 0 Å². The minimum absolute atomic E-state index is 0. The van der Waals surface area contributed by atoms with E-state index in [9.17, 15) is 0 Å². The summed E-state index contributed by atoms with van der Waals surface area (Å²) in [5.74, 6) is 1.39. The van der Waals surface area contributed by atoms with Gasteiger partial charge in [-0.25, -0.2) is 8.97 Å². The van der Waals surface area contributed by atoms with E-state index in [1.807, 2.05) is 0 Å². The number of imidazole rings is 1. The third-order valence-electron chi connectivity index (χ3n) is 4.45. The maximum atomic E-state index is 2.47. The van der Waals surface area contributed by atoms with E-state index in [0.717, 1.165) is 19.6 Å². The molecule has 0 aliphatic carbocycles. The van der Waals surface area contributed by atoms with E-state index in [-0.39, 0.29) is 34.0 Å². The third-order valence-corrected chi connectivity index (χ3v) is 4.45. The highest BCUT2D eigenvalue weighted by Crippen LogP contribution is 2.26. The van der Waals surface area contributed by atoms with Gasteiger partial charge in [-0.15, -0.1) is 0 Å².